The van der Waals surface area contributed by atoms with Crippen molar-refractivity contribution in [3.05, 3.63) is 77.9 Å². The van der Waals surface area contributed by atoms with Gasteiger partial charge in [-0.15, -0.1) is 0 Å². The van der Waals surface area contributed by atoms with Gasteiger partial charge in [0, 0.05) is 12.5 Å². The highest BCUT2D eigenvalue weighted by Gasteiger charge is 2.46. The third kappa shape index (κ3) is 4.39. The van der Waals surface area contributed by atoms with Gasteiger partial charge in [0.05, 0.1) is 5.60 Å². The van der Waals surface area contributed by atoms with Gasteiger partial charge in [-0.3, -0.25) is 0 Å². The smallest absolute Gasteiger partial charge is 0.0728 e. The van der Waals surface area contributed by atoms with E-state index < -0.39 is 5.60 Å². The highest BCUT2D eigenvalue weighted by atomic mass is 16.3. The highest BCUT2D eigenvalue weighted by molar-refractivity contribution is 5.69. The van der Waals surface area contributed by atoms with Crippen molar-refractivity contribution in [2.75, 3.05) is 20.1 Å². The molecular formula is C26H33NO. The summed E-state index contributed by atoms with van der Waals surface area (Å²) in [6, 6.07) is 21.5. The number of allylic oxidation sites excluding steroid dienone is 1. The minimum atomic E-state index is -0.519. The largest absolute Gasteiger partial charge is 0.389 e. The first-order valence-corrected chi connectivity index (χ1v) is 10.9. The Hall–Kier alpha value is -1.90. The molecule has 0 radical (unpaired) electrons. The first-order valence-electron chi connectivity index (χ1n) is 10.9. The molecule has 1 fully saturated rings. The van der Waals surface area contributed by atoms with Crippen LogP contribution in [0.3, 0.4) is 0 Å². The van der Waals surface area contributed by atoms with Crippen molar-refractivity contribution >= 4 is 5.57 Å². The van der Waals surface area contributed by atoms with E-state index in [9.17, 15) is 5.11 Å². The second-order valence-corrected chi connectivity index (χ2v) is 8.82. The van der Waals surface area contributed by atoms with Gasteiger partial charge in [-0.05, 0) is 74.7 Å². The molecule has 0 aromatic heterocycles. The molecule has 2 aromatic carbocycles. The fourth-order valence-electron chi connectivity index (χ4n) is 5.13. The third-order valence-corrected chi connectivity index (χ3v) is 6.82. The Bertz CT molecular complexity index is 785. The summed E-state index contributed by atoms with van der Waals surface area (Å²) in [5.41, 5.74) is 3.71. The molecule has 0 saturated heterocycles. The fraction of sp³-hybridized carbons (Fsp3) is 0.462. The van der Waals surface area contributed by atoms with Crippen LogP contribution in [0.4, 0.5) is 0 Å². The van der Waals surface area contributed by atoms with E-state index in [4.69, 9.17) is 0 Å². The second kappa shape index (κ2) is 8.63. The van der Waals surface area contributed by atoms with Crippen LogP contribution >= 0.6 is 0 Å². The first-order chi connectivity index (χ1) is 13.6. The van der Waals surface area contributed by atoms with Gasteiger partial charge in [-0.1, -0.05) is 66.7 Å². The van der Waals surface area contributed by atoms with Crippen LogP contribution in [0.2, 0.25) is 0 Å². The van der Waals surface area contributed by atoms with Crippen LogP contribution < -0.4 is 0 Å². The molecule has 3 aliphatic rings. The lowest BCUT2D eigenvalue weighted by Crippen LogP contribution is -2.48. The second-order valence-electron chi connectivity index (χ2n) is 8.82. The Morgan fingerprint density at radius 1 is 0.964 bits per heavy atom. The molecule has 2 bridgehead atoms. The average Bonchev–Trinajstić information content (AvgIpc) is 2.74. The normalized spacial score (nSPS) is 26.5. The maximum absolute atomic E-state index is 11.4. The van der Waals surface area contributed by atoms with E-state index >= 15 is 0 Å². The molecule has 2 nitrogen and oxygen atoms in total. The van der Waals surface area contributed by atoms with Crippen LogP contribution in [0.25, 0.3) is 5.57 Å². The maximum Gasteiger partial charge on any atom is 0.0728 e. The summed E-state index contributed by atoms with van der Waals surface area (Å²) in [6.45, 7) is 2.06. The molecule has 5 rings (SSSR count). The Morgan fingerprint density at radius 3 is 2.36 bits per heavy atom. The van der Waals surface area contributed by atoms with Crippen LogP contribution in [0.15, 0.2) is 66.7 Å². The molecule has 2 aromatic rings. The van der Waals surface area contributed by atoms with Crippen molar-refractivity contribution in [1.82, 2.24) is 4.90 Å². The molecule has 0 spiro atoms. The topological polar surface area (TPSA) is 23.5 Å². The van der Waals surface area contributed by atoms with Crippen molar-refractivity contribution < 1.29 is 5.11 Å². The van der Waals surface area contributed by atoms with Gasteiger partial charge in [-0.2, -0.15) is 0 Å². The lowest BCUT2D eigenvalue weighted by Gasteiger charge is -2.48. The molecule has 0 amide bonds. The number of rotatable bonds is 8. The Morgan fingerprint density at radius 2 is 1.68 bits per heavy atom. The number of fused-ring (bicyclic) bond motifs is 2. The molecular weight excluding hydrogens is 342 g/mol. The first kappa shape index (κ1) is 19.4. The Balaban J connectivity index is 1.30. The monoisotopic (exact) mass is 375 g/mol. The molecule has 3 aliphatic carbocycles. The minimum Gasteiger partial charge on any atom is -0.389 e. The van der Waals surface area contributed by atoms with Gasteiger partial charge in [-0.25, -0.2) is 0 Å². The van der Waals surface area contributed by atoms with Gasteiger partial charge >= 0.3 is 0 Å². The van der Waals surface area contributed by atoms with Crippen LogP contribution in [0, 0.1) is 11.8 Å². The van der Waals surface area contributed by atoms with E-state index in [1.54, 1.807) is 0 Å². The molecule has 3 atom stereocenters. The van der Waals surface area contributed by atoms with E-state index in [1.165, 1.54) is 29.5 Å². The number of benzene rings is 2. The summed E-state index contributed by atoms with van der Waals surface area (Å²) in [5, 5.41) is 11.4. The van der Waals surface area contributed by atoms with Crippen molar-refractivity contribution in [2.24, 2.45) is 11.8 Å². The SMILES string of the molecule is CN(CCCc1ccccc1)CC[C@]1(O)C[C@H]2CC[C@@H]1C=C2c1ccccc1. The lowest BCUT2D eigenvalue weighted by atomic mass is 9.61. The van der Waals surface area contributed by atoms with E-state index in [0.717, 1.165) is 38.8 Å². The number of nitrogens with zero attached hydrogens (tertiary/aromatic N) is 1. The predicted octanol–water partition coefficient (Wildman–Crippen LogP) is 5.19. The summed E-state index contributed by atoms with van der Waals surface area (Å²) in [5.74, 6) is 0.825. The molecule has 0 heterocycles. The molecule has 1 N–H and O–H groups in total. The zero-order valence-corrected chi connectivity index (χ0v) is 17.1. The summed E-state index contributed by atoms with van der Waals surface area (Å²) in [7, 11) is 2.20. The van der Waals surface area contributed by atoms with Crippen molar-refractivity contribution in [3.8, 4) is 0 Å². The van der Waals surface area contributed by atoms with Gasteiger partial charge < -0.3 is 10.0 Å². The number of aryl methyl sites for hydroxylation is 1. The molecule has 1 saturated carbocycles. The zero-order valence-electron chi connectivity index (χ0n) is 17.1. The van der Waals surface area contributed by atoms with Crippen molar-refractivity contribution in [3.63, 3.8) is 0 Å². The minimum absolute atomic E-state index is 0.311. The number of hydrogen-bond donors (Lipinski definition) is 1. The zero-order chi connectivity index (χ0) is 19.4. The molecule has 2 heteroatoms. The van der Waals surface area contributed by atoms with Crippen LogP contribution in [0.5, 0.6) is 0 Å². The summed E-state index contributed by atoms with van der Waals surface area (Å²) < 4.78 is 0. The van der Waals surface area contributed by atoms with Crippen molar-refractivity contribution in [1.29, 1.82) is 0 Å². The summed E-state index contributed by atoms with van der Waals surface area (Å²) in [6.07, 6.45) is 8.86. The highest BCUT2D eigenvalue weighted by Crippen LogP contribution is 2.51. The van der Waals surface area contributed by atoms with Gasteiger partial charge in [0.25, 0.3) is 0 Å². The number of hydrogen-bond acceptors (Lipinski definition) is 2. The van der Waals surface area contributed by atoms with Crippen molar-refractivity contribution in [2.45, 2.75) is 44.1 Å². The Labute approximate surface area is 169 Å². The van der Waals surface area contributed by atoms with Crippen LogP contribution in [-0.4, -0.2) is 35.7 Å². The number of aliphatic hydroxyl groups is 1. The maximum atomic E-state index is 11.4. The van der Waals surface area contributed by atoms with E-state index in [0.29, 0.717) is 11.8 Å². The third-order valence-electron chi connectivity index (χ3n) is 6.82. The molecule has 28 heavy (non-hydrogen) atoms. The van der Waals surface area contributed by atoms with Gasteiger partial charge in [0.15, 0.2) is 0 Å². The standard InChI is InChI=1S/C26H33NO/c1-27(17-8-11-21-9-4-2-5-10-21)18-16-26(28)20-23-14-15-24(26)19-25(23)22-12-6-3-7-13-22/h2-7,9-10,12-13,19,23-24,28H,8,11,14-18,20H2,1H3/t23-,24-,26+/m1/s1. The van der Waals surface area contributed by atoms with E-state index in [1.807, 2.05) is 0 Å². The molecule has 0 unspecified atom stereocenters. The quantitative estimate of drug-likeness (QED) is 0.687. The molecule has 148 valence electrons. The lowest BCUT2D eigenvalue weighted by molar-refractivity contribution is -0.0574. The van der Waals surface area contributed by atoms with E-state index in [2.05, 4.69) is 78.7 Å². The Kier molecular flexibility index (Phi) is 5.99. The summed E-state index contributed by atoms with van der Waals surface area (Å²) in [4.78, 5) is 2.39. The van der Waals surface area contributed by atoms with Crippen LogP contribution in [0.1, 0.15) is 43.2 Å². The predicted molar refractivity (Wildman–Crippen MR) is 117 cm³/mol. The van der Waals surface area contributed by atoms with Crippen LogP contribution in [-0.2, 0) is 6.42 Å². The average molecular weight is 376 g/mol. The summed E-state index contributed by atoms with van der Waals surface area (Å²) >= 11 is 0. The van der Waals surface area contributed by atoms with Gasteiger partial charge in [0.2, 0.25) is 0 Å². The molecule has 0 aliphatic heterocycles. The van der Waals surface area contributed by atoms with Gasteiger partial charge in [0.1, 0.15) is 0 Å². The van der Waals surface area contributed by atoms with E-state index in [-0.39, 0.29) is 0 Å². The fourth-order valence-corrected chi connectivity index (χ4v) is 5.13.